The third kappa shape index (κ3) is 23.5. The third-order valence-electron chi connectivity index (χ3n) is 12.0. The Kier molecular flexibility index (Phi) is 31.1. The number of aryl methyl sites for hydroxylation is 3. The normalized spacial score (nSPS) is 9.81. The number of hydrogen-bond acceptors (Lipinski definition) is 0. The van der Waals surface area contributed by atoms with E-state index in [1.54, 1.807) is 0 Å². The van der Waals surface area contributed by atoms with Crippen molar-refractivity contribution < 1.29 is 13.7 Å². The molecule has 0 radical (unpaired) electrons. The molecule has 8 rings (SSSR count). The first-order valence-electron chi connectivity index (χ1n) is 26.2. The first-order valence-corrected chi connectivity index (χ1v) is 33.3. The Morgan fingerprint density at radius 1 is 0.295 bits per heavy atom. The minimum absolute atomic E-state index is 0. The van der Waals surface area contributed by atoms with Crippen molar-refractivity contribution in [1.29, 1.82) is 0 Å². The first-order chi connectivity index (χ1) is 38.0. The van der Waals surface area contributed by atoms with Gasteiger partial charge in [-0.15, -0.1) is 17.0 Å². The lowest BCUT2D eigenvalue weighted by molar-refractivity contribution is -0.696. The van der Waals surface area contributed by atoms with Crippen LogP contribution in [0.25, 0.3) is 32.3 Å². The number of benzene rings is 5. The van der Waals surface area contributed by atoms with E-state index in [4.69, 9.17) is 0 Å². The molecule has 78 heavy (non-hydrogen) atoms. The number of unbranched alkanes of at least 4 members (excludes halogenated alkanes) is 6. The second-order valence-corrected chi connectivity index (χ2v) is 20.4. The van der Waals surface area contributed by atoms with Crippen LogP contribution in [0.2, 0.25) is 0 Å². The molecular formula is C69H64Br6N3+3. The van der Waals surface area contributed by atoms with Crippen LogP contribution in [-0.2, 0) is 19.6 Å². The summed E-state index contributed by atoms with van der Waals surface area (Å²) in [6.45, 7) is 2.82. The van der Waals surface area contributed by atoms with Gasteiger partial charge in [-0.1, -0.05) is 173 Å². The number of halogens is 6. The van der Waals surface area contributed by atoms with Gasteiger partial charge in [0.25, 0.3) is 0 Å². The molecule has 0 atom stereocenters. The van der Waals surface area contributed by atoms with Gasteiger partial charge in [0, 0.05) is 170 Å². The lowest BCUT2D eigenvalue weighted by Gasteiger charge is -1.99. The highest BCUT2D eigenvalue weighted by molar-refractivity contribution is 9.93. The van der Waals surface area contributed by atoms with Gasteiger partial charge < -0.3 is 0 Å². The Morgan fingerprint density at radius 2 is 0.513 bits per heavy atom. The van der Waals surface area contributed by atoms with E-state index in [0.29, 0.717) is 0 Å². The average molecular weight is 1410 g/mol. The van der Waals surface area contributed by atoms with Crippen LogP contribution in [-0.4, -0.2) is 16.0 Å². The molecule has 0 aliphatic heterocycles. The van der Waals surface area contributed by atoms with Crippen LogP contribution in [0, 0.1) is 71.0 Å². The Labute approximate surface area is 515 Å². The lowest BCUT2D eigenvalue weighted by Crippen LogP contribution is -2.32. The molecule has 0 bridgehead atoms. The standard InChI is InChI=1S/C48H42N3.C21H21Br3.Br2.BrH/c1(13-28-49-31-25-43-19-7-10-22-46(43)37-49)4-16-40-34-41(17-5-2-14-29-50-32-26-44-20-8-11-23-47(44)38-50)36-42(35-40)18-6-3-15-30-51-33-27-45-21-9-12-24-48(45)39-51;22-13-7-1-4-10-19-16-20(11-5-2-8-14-23)18-21(17-19)12-6-3-9-15-24;1-2;/h7-12,19-27,31-39H,1-3,13-15,28-30H2;16-18H,1-3,7-9,13-15H2;;1H/q+3;;;. The molecule has 9 heteroatoms. The first kappa shape index (κ1) is 63.4. The Balaban J connectivity index is 0.000000351. The number of hydrogen-bond donors (Lipinski definition) is 0. The number of rotatable bonds is 15. The van der Waals surface area contributed by atoms with Crippen molar-refractivity contribution in [3.05, 3.63) is 198 Å². The van der Waals surface area contributed by atoms with Crippen molar-refractivity contribution in [3.63, 3.8) is 0 Å². The zero-order chi connectivity index (χ0) is 54.0. The molecule has 0 saturated heterocycles. The molecule has 3 heterocycles. The van der Waals surface area contributed by atoms with E-state index in [9.17, 15) is 0 Å². The summed E-state index contributed by atoms with van der Waals surface area (Å²) in [6.07, 6.45) is 24.5. The maximum Gasteiger partial charge on any atom is 0.176 e. The molecule has 0 N–H and O–H groups in total. The number of pyridine rings is 3. The molecular weight excluding hydrogens is 1350 g/mol. The molecule has 0 saturated carbocycles. The van der Waals surface area contributed by atoms with Gasteiger partial charge in [0.2, 0.25) is 0 Å². The zero-order valence-electron chi connectivity index (χ0n) is 44.0. The summed E-state index contributed by atoms with van der Waals surface area (Å²) in [7, 11) is 0. The predicted molar refractivity (Wildman–Crippen MR) is 352 cm³/mol. The average Bonchev–Trinajstić information content (AvgIpc) is 3.47. The maximum absolute atomic E-state index is 3.43. The van der Waals surface area contributed by atoms with Crippen molar-refractivity contribution in [2.45, 2.75) is 96.7 Å². The third-order valence-corrected chi connectivity index (χ3v) is 13.6. The Hall–Kier alpha value is -5.43. The van der Waals surface area contributed by atoms with E-state index in [1.807, 2.05) is 0 Å². The SMILES string of the molecule is Br.BrBr.BrCCCC#Cc1cc(C#CCCCBr)cc(C#CCCCBr)c1.C(#Cc1cc(C#CCCC[n+]2ccc3ccccc3c2)cc(C#CCCC[n+]2ccc3ccccc3c2)c1)CCC[n+]1ccc2ccccc2c1. The van der Waals surface area contributed by atoms with Crippen molar-refractivity contribution >= 4 is 125 Å². The van der Waals surface area contributed by atoms with Crippen LogP contribution in [0.15, 0.2) is 165 Å². The summed E-state index contributed by atoms with van der Waals surface area (Å²) < 4.78 is 6.76. The van der Waals surface area contributed by atoms with E-state index in [1.165, 1.54) is 32.3 Å². The predicted octanol–water partition coefficient (Wildman–Crippen LogP) is 17.0. The summed E-state index contributed by atoms with van der Waals surface area (Å²) >= 11 is 15.8. The van der Waals surface area contributed by atoms with Gasteiger partial charge in [-0.2, -0.15) is 0 Å². The van der Waals surface area contributed by atoms with Gasteiger partial charge in [-0.25, -0.2) is 13.7 Å². The summed E-state index contributed by atoms with van der Waals surface area (Å²) in [6, 6.07) is 44.5. The number of aromatic nitrogens is 3. The van der Waals surface area contributed by atoms with Gasteiger partial charge in [0.05, 0.1) is 0 Å². The van der Waals surface area contributed by atoms with Crippen molar-refractivity contribution in [1.82, 2.24) is 0 Å². The molecule has 0 aliphatic rings. The number of alkyl halides is 3. The molecule has 8 aromatic rings. The van der Waals surface area contributed by atoms with Crippen LogP contribution in [0.3, 0.4) is 0 Å². The zero-order valence-corrected chi connectivity index (χ0v) is 53.6. The quantitative estimate of drug-likeness (QED) is 0.0420. The highest BCUT2D eigenvalue weighted by Crippen LogP contribution is 2.14. The minimum Gasteiger partial charge on any atom is -0.204 e. The smallest absolute Gasteiger partial charge is 0.176 e. The van der Waals surface area contributed by atoms with E-state index in [2.05, 4.69) is 325 Å². The van der Waals surface area contributed by atoms with Gasteiger partial charge in [0.1, 0.15) is 19.6 Å². The second kappa shape index (κ2) is 38.2. The molecule has 0 fully saturated rings. The molecule has 3 aromatic heterocycles. The highest BCUT2D eigenvalue weighted by atomic mass is 80.9. The fourth-order valence-electron chi connectivity index (χ4n) is 8.14. The van der Waals surface area contributed by atoms with Gasteiger partial charge in [-0.3, -0.25) is 0 Å². The highest BCUT2D eigenvalue weighted by Gasteiger charge is 2.06. The monoisotopic (exact) mass is 1410 g/mol. The summed E-state index contributed by atoms with van der Waals surface area (Å²) in [5.41, 5.74) is 5.93. The molecule has 394 valence electrons. The van der Waals surface area contributed by atoms with Crippen LogP contribution < -0.4 is 13.7 Å². The Bertz CT molecular complexity index is 3180. The van der Waals surface area contributed by atoms with E-state index in [-0.39, 0.29) is 17.0 Å². The van der Waals surface area contributed by atoms with Gasteiger partial charge in [-0.05, 0) is 90.0 Å². The van der Waals surface area contributed by atoms with E-state index >= 15 is 0 Å². The van der Waals surface area contributed by atoms with Crippen LogP contribution in [0.1, 0.15) is 110 Å². The minimum atomic E-state index is 0. The fraction of sp³-hybridized carbons (Fsp3) is 0.261. The van der Waals surface area contributed by atoms with Crippen molar-refractivity contribution in [3.8, 4) is 71.0 Å². The van der Waals surface area contributed by atoms with Crippen LogP contribution in [0.4, 0.5) is 0 Å². The molecule has 0 aliphatic carbocycles. The fourth-order valence-corrected chi connectivity index (χ4v) is 8.98. The van der Waals surface area contributed by atoms with Crippen LogP contribution >= 0.6 is 93.0 Å². The molecule has 0 amide bonds. The van der Waals surface area contributed by atoms with Gasteiger partial charge >= 0.3 is 0 Å². The Morgan fingerprint density at radius 3 is 0.744 bits per heavy atom. The summed E-state index contributed by atoms with van der Waals surface area (Å²) in [5, 5.41) is 10.6. The van der Waals surface area contributed by atoms with Crippen LogP contribution in [0.5, 0.6) is 0 Å². The lowest BCUT2D eigenvalue weighted by atomic mass is 10.1. The summed E-state index contributed by atoms with van der Waals surface area (Å²) in [4.78, 5) is 0. The largest absolute Gasteiger partial charge is 0.204 e. The molecule has 0 spiro atoms. The van der Waals surface area contributed by atoms with E-state index < -0.39 is 0 Å². The molecule has 3 nitrogen and oxygen atoms in total. The topological polar surface area (TPSA) is 11.6 Å². The van der Waals surface area contributed by atoms with Crippen molar-refractivity contribution in [2.75, 3.05) is 16.0 Å². The molecule has 0 unspecified atom stereocenters. The summed E-state index contributed by atoms with van der Waals surface area (Å²) in [5.74, 6) is 39.9. The number of nitrogens with zero attached hydrogens (tertiary/aromatic N) is 3. The maximum atomic E-state index is 3.43. The van der Waals surface area contributed by atoms with Crippen molar-refractivity contribution in [2.24, 2.45) is 0 Å². The van der Waals surface area contributed by atoms with E-state index in [0.717, 1.165) is 146 Å². The second-order valence-electron chi connectivity index (χ2n) is 18.0. The van der Waals surface area contributed by atoms with Gasteiger partial charge in [0.15, 0.2) is 37.2 Å². The number of fused-ring (bicyclic) bond motifs is 3. The molecule has 5 aromatic carbocycles.